The number of hydrogen-bond donors (Lipinski definition) is 2. The number of likely N-dealkylation sites (tertiary alicyclic amines) is 1. The standard InChI is InChI=1S/C28H35NO4/c1-21(8-5-11-22-9-3-2-4-10-22)26(30)17-15-25-16-18-27(31)29(25)19-7-13-23-12-6-14-24(20-23)28(32)33/h2-4,6,9-10,12,14-15,17,20-21,25-26,30H,5,7-8,11,13,16,18-19H2,1H3,(H,32,33)/t21-,25-,26+/m0/s1. The van der Waals surface area contributed by atoms with E-state index in [9.17, 15) is 14.7 Å². The van der Waals surface area contributed by atoms with Gasteiger partial charge in [0.1, 0.15) is 0 Å². The first kappa shape index (κ1) is 24.7. The highest BCUT2D eigenvalue weighted by molar-refractivity contribution is 5.87. The van der Waals surface area contributed by atoms with E-state index in [2.05, 4.69) is 31.2 Å². The second-order valence-corrected chi connectivity index (χ2v) is 9.03. The number of aliphatic hydroxyl groups excluding tert-OH is 1. The summed E-state index contributed by atoms with van der Waals surface area (Å²) < 4.78 is 0. The first-order chi connectivity index (χ1) is 15.9. The summed E-state index contributed by atoms with van der Waals surface area (Å²) in [4.78, 5) is 25.4. The first-order valence-electron chi connectivity index (χ1n) is 12.0. The first-order valence-corrected chi connectivity index (χ1v) is 12.0. The van der Waals surface area contributed by atoms with Crippen molar-refractivity contribution in [1.82, 2.24) is 4.90 Å². The third-order valence-electron chi connectivity index (χ3n) is 6.49. The molecule has 2 aromatic rings. The number of aromatic carboxylic acids is 1. The van der Waals surface area contributed by atoms with Crippen molar-refractivity contribution in [3.8, 4) is 0 Å². The number of carboxylic acids is 1. The van der Waals surface area contributed by atoms with Gasteiger partial charge in [-0.05, 0) is 67.7 Å². The van der Waals surface area contributed by atoms with Gasteiger partial charge in [0.2, 0.25) is 5.91 Å². The molecule has 0 spiro atoms. The number of carboxylic acid groups (broad SMARTS) is 1. The second kappa shape index (κ2) is 12.4. The van der Waals surface area contributed by atoms with Gasteiger partial charge >= 0.3 is 5.97 Å². The largest absolute Gasteiger partial charge is 0.478 e. The quantitative estimate of drug-likeness (QED) is 0.453. The fraction of sp³-hybridized carbons (Fsp3) is 0.429. The number of rotatable bonds is 12. The lowest BCUT2D eigenvalue weighted by Gasteiger charge is -2.23. The molecule has 2 N–H and O–H groups in total. The van der Waals surface area contributed by atoms with E-state index in [1.165, 1.54) is 5.56 Å². The number of hydrogen-bond acceptors (Lipinski definition) is 3. The lowest BCUT2D eigenvalue weighted by Crippen LogP contribution is -2.33. The van der Waals surface area contributed by atoms with E-state index in [-0.39, 0.29) is 23.4 Å². The Morgan fingerprint density at radius 2 is 1.82 bits per heavy atom. The Kier molecular flexibility index (Phi) is 9.25. The average Bonchev–Trinajstić information content (AvgIpc) is 3.17. The molecule has 1 aliphatic rings. The third-order valence-corrected chi connectivity index (χ3v) is 6.49. The van der Waals surface area contributed by atoms with Gasteiger partial charge in [0.25, 0.3) is 0 Å². The summed E-state index contributed by atoms with van der Waals surface area (Å²) in [5.74, 6) is -0.615. The van der Waals surface area contributed by atoms with E-state index in [0.29, 0.717) is 13.0 Å². The van der Waals surface area contributed by atoms with Gasteiger partial charge in [0, 0.05) is 13.0 Å². The zero-order chi connectivity index (χ0) is 23.6. The fourth-order valence-corrected chi connectivity index (χ4v) is 4.44. The van der Waals surface area contributed by atoms with E-state index in [1.807, 2.05) is 29.2 Å². The smallest absolute Gasteiger partial charge is 0.335 e. The molecule has 0 bridgehead atoms. The van der Waals surface area contributed by atoms with Crippen LogP contribution in [0.4, 0.5) is 0 Å². The Bertz CT molecular complexity index is 940. The molecular formula is C28H35NO4. The second-order valence-electron chi connectivity index (χ2n) is 9.03. The van der Waals surface area contributed by atoms with Crippen molar-refractivity contribution >= 4 is 11.9 Å². The van der Waals surface area contributed by atoms with Gasteiger partial charge in [-0.15, -0.1) is 0 Å². The molecule has 3 atom stereocenters. The van der Waals surface area contributed by atoms with Crippen LogP contribution in [0.3, 0.4) is 0 Å². The van der Waals surface area contributed by atoms with Gasteiger partial charge in [-0.1, -0.05) is 61.5 Å². The van der Waals surface area contributed by atoms with Gasteiger partial charge in [0.05, 0.1) is 17.7 Å². The molecule has 1 aliphatic heterocycles. The highest BCUT2D eigenvalue weighted by Gasteiger charge is 2.28. The van der Waals surface area contributed by atoms with E-state index in [0.717, 1.165) is 44.1 Å². The lowest BCUT2D eigenvalue weighted by atomic mass is 9.95. The molecule has 0 aliphatic carbocycles. The molecular weight excluding hydrogens is 414 g/mol. The summed E-state index contributed by atoms with van der Waals surface area (Å²) in [7, 11) is 0. The molecule has 1 amide bonds. The zero-order valence-corrected chi connectivity index (χ0v) is 19.4. The van der Waals surface area contributed by atoms with Crippen molar-refractivity contribution in [2.24, 2.45) is 5.92 Å². The lowest BCUT2D eigenvalue weighted by molar-refractivity contribution is -0.128. The number of benzene rings is 2. The van der Waals surface area contributed by atoms with Gasteiger partial charge < -0.3 is 15.1 Å². The molecule has 2 aromatic carbocycles. The normalized spacial score (nSPS) is 18.1. The van der Waals surface area contributed by atoms with Gasteiger partial charge in [-0.2, -0.15) is 0 Å². The molecule has 1 fully saturated rings. The van der Waals surface area contributed by atoms with Crippen molar-refractivity contribution < 1.29 is 19.8 Å². The van der Waals surface area contributed by atoms with Gasteiger partial charge in [-0.25, -0.2) is 4.79 Å². The molecule has 3 rings (SSSR count). The minimum atomic E-state index is -0.926. The Morgan fingerprint density at radius 3 is 2.58 bits per heavy atom. The monoisotopic (exact) mass is 449 g/mol. The predicted octanol–water partition coefficient (Wildman–Crippen LogP) is 4.88. The molecule has 0 saturated carbocycles. The van der Waals surface area contributed by atoms with Crippen LogP contribution in [-0.4, -0.2) is 45.7 Å². The maximum atomic E-state index is 12.4. The molecule has 176 valence electrons. The Morgan fingerprint density at radius 1 is 1.09 bits per heavy atom. The van der Waals surface area contributed by atoms with Crippen LogP contribution in [0.2, 0.25) is 0 Å². The summed E-state index contributed by atoms with van der Waals surface area (Å²) in [5.41, 5.74) is 2.58. The molecule has 1 heterocycles. The number of amides is 1. The highest BCUT2D eigenvalue weighted by atomic mass is 16.4. The molecule has 0 radical (unpaired) electrons. The van der Waals surface area contributed by atoms with Crippen LogP contribution in [0, 0.1) is 5.92 Å². The minimum Gasteiger partial charge on any atom is -0.478 e. The summed E-state index contributed by atoms with van der Waals surface area (Å²) in [6.07, 6.45) is 9.15. The maximum absolute atomic E-state index is 12.4. The van der Waals surface area contributed by atoms with Gasteiger partial charge in [0.15, 0.2) is 0 Å². The Balaban J connectivity index is 1.45. The zero-order valence-electron chi connectivity index (χ0n) is 19.4. The fourth-order valence-electron chi connectivity index (χ4n) is 4.44. The average molecular weight is 450 g/mol. The van der Waals surface area contributed by atoms with Crippen molar-refractivity contribution in [2.75, 3.05) is 6.54 Å². The van der Waals surface area contributed by atoms with E-state index in [4.69, 9.17) is 5.11 Å². The van der Waals surface area contributed by atoms with Crippen LogP contribution in [0.1, 0.15) is 60.5 Å². The van der Waals surface area contributed by atoms with Gasteiger partial charge in [-0.3, -0.25) is 4.79 Å². The van der Waals surface area contributed by atoms with Crippen LogP contribution in [-0.2, 0) is 17.6 Å². The SMILES string of the molecule is C[C@@H](CCCc1ccccc1)[C@H](O)C=C[C@H]1CCC(=O)N1CCCc1cccc(C(=O)O)c1. The third kappa shape index (κ3) is 7.57. The Labute approximate surface area is 196 Å². The van der Waals surface area contributed by atoms with Crippen LogP contribution < -0.4 is 0 Å². The van der Waals surface area contributed by atoms with Crippen LogP contribution in [0.25, 0.3) is 0 Å². The maximum Gasteiger partial charge on any atom is 0.335 e. The highest BCUT2D eigenvalue weighted by Crippen LogP contribution is 2.22. The topological polar surface area (TPSA) is 77.8 Å². The molecule has 5 nitrogen and oxygen atoms in total. The molecule has 5 heteroatoms. The van der Waals surface area contributed by atoms with E-state index in [1.54, 1.807) is 18.2 Å². The molecule has 33 heavy (non-hydrogen) atoms. The minimum absolute atomic E-state index is 0.0222. The molecule has 0 aromatic heterocycles. The number of aliphatic hydroxyl groups is 1. The predicted molar refractivity (Wildman–Crippen MR) is 130 cm³/mol. The van der Waals surface area contributed by atoms with Crippen molar-refractivity contribution in [1.29, 1.82) is 0 Å². The summed E-state index contributed by atoms with van der Waals surface area (Å²) in [6, 6.07) is 17.4. The van der Waals surface area contributed by atoms with Crippen molar-refractivity contribution in [3.05, 3.63) is 83.4 Å². The van der Waals surface area contributed by atoms with E-state index >= 15 is 0 Å². The van der Waals surface area contributed by atoms with Crippen LogP contribution in [0.15, 0.2) is 66.7 Å². The van der Waals surface area contributed by atoms with Crippen molar-refractivity contribution in [2.45, 2.75) is 64.0 Å². The number of carbonyl (C=O) groups is 2. The van der Waals surface area contributed by atoms with E-state index < -0.39 is 12.1 Å². The number of aryl methyl sites for hydroxylation is 2. The number of carbonyl (C=O) groups excluding carboxylic acids is 1. The molecule has 1 saturated heterocycles. The van der Waals surface area contributed by atoms with Crippen molar-refractivity contribution in [3.63, 3.8) is 0 Å². The van der Waals surface area contributed by atoms with Crippen LogP contribution in [0.5, 0.6) is 0 Å². The Hall–Kier alpha value is -2.92. The summed E-state index contributed by atoms with van der Waals surface area (Å²) in [6.45, 7) is 2.71. The summed E-state index contributed by atoms with van der Waals surface area (Å²) in [5, 5.41) is 19.7. The molecule has 0 unspecified atom stereocenters. The van der Waals surface area contributed by atoms with Crippen LogP contribution >= 0.6 is 0 Å². The number of nitrogens with zero attached hydrogens (tertiary/aromatic N) is 1. The summed E-state index contributed by atoms with van der Waals surface area (Å²) >= 11 is 0.